The first kappa shape index (κ1) is 40.9. The summed E-state index contributed by atoms with van der Waals surface area (Å²) in [6.07, 6.45) is 2.98. The molecule has 0 aliphatic carbocycles. The number of amides is 2. The number of carboxylic acids is 2. The average molecular weight is 852 g/mol. The van der Waals surface area contributed by atoms with Crippen molar-refractivity contribution in [3.05, 3.63) is 152 Å². The molecule has 0 saturated carbocycles. The molecular formula is C46H40Cl2N2O6S2. The molecule has 0 radical (unpaired) electrons. The Hall–Kier alpha value is -5.26. The van der Waals surface area contributed by atoms with E-state index in [1.807, 2.05) is 96.4 Å². The molecule has 8 rings (SSSR count). The Morgan fingerprint density at radius 1 is 0.586 bits per heavy atom. The van der Waals surface area contributed by atoms with Crippen molar-refractivity contribution >= 4 is 81.0 Å². The number of fused-ring (bicyclic) bond motifs is 2. The molecule has 2 aliphatic heterocycles. The number of rotatable bonds is 8. The highest BCUT2D eigenvalue weighted by Gasteiger charge is 2.31. The topological polar surface area (TPSA) is 115 Å². The molecule has 2 aromatic heterocycles. The number of nitrogens with zero attached hydrogens (tertiary/aromatic N) is 2. The maximum Gasteiger partial charge on any atom is 0.303 e. The van der Waals surface area contributed by atoms with Crippen LogP contribution in [0.25, 0.3) is 21.6 Å². The second kappa shape index (κ2) is 18.6. The Balaban J connectivity index is 0.000000177. The zero-order chi connectivity index (χ0) is 40.8. The van der Waals surface area contributed by atoms with Crippen molar-refractivity contribution in [3.8, 4) is 21.6 Å². The Labute approximate surface area is 354 Å². The molecular weight excluding hydrogens is 812 g/mol. The Morgan fingerprint density at radius 3 is 1.60 bits per heavy atom. The molecule has 12 heteroatoms. The molecule has 0 bridgehead atoms. The first-order chi connectivity index (χ1) is 28.0. The summed E-state index contributed by atoms with van der Waals surface area (Å²) < 4.78 is 0. The third kappa shape index (κ3) is 9.54. The number of carbonyl (C=O) groups excluding carboxylic acids is 2. The van der Waals surface area contributed by atoms with Crippen molar-refractivity contribution in [1.82, 2.24) is 0 Å². The summed E-state index contributed by atoms with van der Waals surface area (Å²) >= 11 is 15.3. The molecule has 2 unspecified atom stereocenters. The van der Waals surface area contributed by atoms with Crippen LogP contribution in [0.3, 0.4) is 0 Å². The van der Waals surface area contributed by atoms with E-state index < -0.39 is 11.9 Å². The summed E-state index contributed by atoms with van der Waals surface area (Å²) in [5, 5.41) is 21.7. The van der Waals surface area contributed by atoms with E-state index in [1.54, 1.807) is 34.1 Å². The van der Waals surface area contributed by atoms with Gasteiger partial charge in [-0.25, -0.2) is 0 Å². The number of hydrogen-bond acceptors (Lipinski definition) is 6. The molecule has 2 aliphatic rings. The number of carbonyl (C=O) groups is 4. The lowest BCUT2D eigenvalue weighted by Crippen LogP contribution is -2.31. The molecule has 296 valence electrons. The van der Waals surface area contributed by atoms with Crippen LogP contribution in [0.1, 0.15) is 80.8 Å². The van der Waals surface area contributed by atoms with Crippen molar-refractivity contribution in [2.24, 2.45) is 0 Å². The molecule has 0 spiro atoms. The largest absolute Gasteiger partial charge is 0.481 e. The van der Waals surface area contributed by atoms with E-state index >= 15 is 0 Å². The third-order valence-corrected chi connectivity index (χ3v) is 12.9. The normalized spacial score (nSPS) is 16.2. The predicted octanol–water partition coefficient (Wildman–Crippen LogP) is 12.1. The summed E-state index contributed by atoms with van der Waals surface area (Å²) in [7, 11) is 0. The molecule has 0 saturated heterocycles. The van der Waals surface area contributed by atoms with Gasteiger partial charge in [0.2, 0.25) is 0 Å². The Bertz CT molecular complexity index is 2260. The molecule has 0 fully saturated rings. The van der Waals surface area contributed by atoms with Gasteiger partial charge in [0.05, 0.1) is 22.6 Å². The van der Waals surface area contributed by atoms with Gasteiger partial charge >= 0.3 is 11.9 Å². The summed E-state index contributed by atoms with van der Waals surface area (Å²) in [6, 6.07) is 36.5. The minimum atomic E-state index is -0.841. The van der Waals surface area contributed by atoms with Gasteiger partial charge in [-0.15, -0.1) is 22.7 Å². The number of halogens is 2. The van der Waals surface area contributed by atoms with Gasteiger partial charge in [-0.1, -0.05) is 83.9 Å². The van der Waals surface area contributed by atoms with Crippen molar-refractivity contribution < 1.29 is 29.4 Å². The fourth-order valence-corrected chi connectivity index (χ4v) is 9.90. The first-order valence-electron chi connectivity index (χ1n) is 19.0. The number of benzene rings is 4. The van der Waals surface area contributed by atoms with E-state index in [-0.39, 0.29) is 36.5 Å². The smallest absolute Gasteiger partial charge is 0.303 e. The van der Waals surface area contributed by atoms with Crippen LogP contribution in [0.5, 0.6) is 0 Å². The zero-order valence-electron chi connectivity index (χ0n) is 31.4. The lowest BCUT2D eigenvalue weighted by atomic mass is 9.91. The van der Waals surface area contributed by atoms with Crippen LogP contribution < -0.4 is 9.80 Å². The lowest BCUT2D eigenvalue weighted by Gasteiger charge is -2.23. The van der Waals surface area contributed by atoms with Gasteiger partial charge in [0.25, 0.3) is 11.8 Å². The third-order valence-electron chi connectivity index (χ3n) is 10.4. The number of carboxylic acid groups (broad SMARTS) is 2. The SMILES string of the molecule is O=C(O)CC1CCCN(C(=O)c2cc(-c3ccccc3)cs2)c2ccc(Cl)cc21.O=C(O)CC1CCCN(C(=O)c2ccc(-c3ccccc3)s2)c2ccc(Cl)cc21. The van der Waals surface area contributed by atoms with Crippen LogP contribution in [-0.4, -0.2) is 47.1 Å². The Kier molecular flexibility index (Phi) is 13.1. The molecule has 2 N–H and O–H groups in total. The number of hydrogen-bond donors (Lipinski definition) is 2. The van der Waals surface area contributed by atoms with Crippen LogP contribution >= 0.6 is 45.9 Å². The zero-order valence-corrected chi connectivity index (χ0v) is 34.5. The van der Waals surface area contributed by atoms with Gasteiger partial charge in [0.15, 0.2) is 0 Å². The van der Waals surface area contributed by atoms with Crippen LogP contribution in [0.15, 0.2) is 121 Å². The molecule has 2 atom stereocenters. The van der Waals surface area contributed by atoms with E-state index in [4.69, 9.17) is 23.2 Å². The van der Waals surface area contributed by atoms with Crippen LogP contribution in [0.4, 0.5) is 11.4 Å². The molecule has 4 heterocycles. The van der Waals surface area contributed by atoms with Crippen molar-refractivity contribution in [1.29, 1.82) is 0 Å². The quantitative estimate of drug-likeness (QED) is 0.158. The van der Waals surface area contributed by atoms with Gasteiger partial charge in [0.1, 0.15) is 0 Å². The average Bonchev–Trinajstić information content (AvgIpc) is 3.86. The van der Waals surface area contributed by atoms with E-state index in [0.717, 1.165) is 56.9 Å². The van der Waals surface area contributed by atoms with Crippen molar-refractivity contribution in [2.75, 3.05) is 22.9 Å². The number of anilines is 2. The highest BCUT2D eigenvalue weighted by molar-refractivity contribution is 7.17. The first-order valence-corrected chi connectivity index (χ1v) is 21.5. The fraction of sp³-hybridized carbons (Fsp3) is 0.217. The van der Waals surface area contributed by atoms with Gasteiger partial charge in [0, 0.05) is 39.4 Å². The van der Waals surface area contributed by atoms with Gasteiger partial charge < -0.3 is 20.0 Å². The molecule has 58 heavy (non-hydrogen) atoms. The molecule has 8 nitrogen and oxygen atoms in total. The fourth-order valence-electron chi connectivity index (χ4n) is 7.71. The maximum absolute atomic E-state index is 13.4. The number of thiophene rings is 2. The van der Waals surface area contributed by atoms with Gasteiger partial charge in [-0.05, 0) is 125 Å². The predicted molar refractivity (Wildman–Crippen MR) is 234 cm³/mol. The minimum Gasteiger partial charge on any atom is -0.481 e. The van der Waals surface area contributed by atoms with E-state index in [1.165, 1.54) is 22.7 Å². The summed E-state index contributed by atoms with van der Waals surface area (Å²) in [6.45, 7) is 1.12. The van der Waals surface area contributed by atoms with Crippen molar-refractivity contribution in [2.45, 2.75) is 50.4 Å². The van der Waals surface area contributed by atoms with E-state index in [2.05, 4.69) is 0 Å². The minimum absolute atomic E-state index is 0.0343. The second-order valence-electron chi connectivity index (χ2n) is 14.3. The van der Waals surface area contributed by atoms with Crippen molar-refractivity contribution in [3.63, 3.8) is 0 Å². The summed E-state index contributed by atoms with van der Waals surface area (Å²) in [5.74, 6) is -2.10. The summed E-state index contributed by atoms with van der Waals surface area (Å²) in [5.41, 5.74) is 6.38. The molecule has 6 aromatic rings. The Morgan fingerprint density at radius 2 is 1.09 bits per heavy atom. The maximum atomic E-state index is 13.4. The van der Waals surface area contributed by atoms with Crippen LogP contribution in [-0.2, 0) is 9.59 Å². The van der Waals surface area contributed by atoms with E-state index in [0.29, 0.717) is 45.7 Å². The highest BCUT2D eigenvalue weighted by atomic mass is 35.5. The lowest BCUT2D eigenvalue weighted by molar-refractivity contribution is -0.138. The molecule has 2 amide bonds. The summed E-state index contributed by atoms with van der Waals surface area (Å²) in [4.78, 5) is 55.3. The van der Waals surface area contributed by atoms with Crippen LogP contribution in [0, 0.1) is 0 Å². The van der Waals surface area contributed by atoms with Gasteiger partial charge in [-0.2, -0.15) is 0 Å². The highest BCUT2D eigenvalue weighted by Crippen LogP contribution is 2.41. The molecule has 4 aromatic carbocycles. The van der Waals surface area contributed by atoms with Gasteiger partial charge in [-0.3, -0.25) is 19.2 Å². The van der Waals surface area contributed by atoms with E-state index in [9.17, 15) is 29.4 Å². The number of aliphatic carboxylic acids is 2. The monoisotopic (exact) mass is 850 g/mol. The standard InChI is InChI=1S/2C23H20ClNO3S/c24-17-8-9-19-18(14-17)16(13-22(26)27)7-4-12-25(19)23(28)21-11-10-20(29-21)15-5-2-1-3-6-15;24-18-8-9-20-19(13-18)16(12-22(26)27)7-4-10-25(20)23(28)21-11-17(14-29-21)15-5-2-1-3-6-15/h1-3,5-6,8-11,14,16H,4,7,12-13H2,(H,26,27);1-3,5-6,8-9,11,13-14,16H,4,7,10,12H2,(H,26,27). The van der Waals surface area contributed by atoms with Crippen LogP contribution in [0.2, 0.25) is 10.0 Å². The second-order valence-corrected chi connectivity index (χ2v) is 17.2.